The number of nitrogens with one attached hydrogen (secondary N) is 1. The van der Waals surface area contributed by atoms with Crippen molar-refractivity contribution in [1.29, 1.82) is 5.53 Å². The first kappa shape index (κ1) is 7.18. The summed E-state index contributed by atoms with van der Waals surface area (Å²) in [5, 5.41) is 3.46. The van der Waals surface area contributed by atoms with Crippen LogP contribution in [0.15, 0.2) is 5.11 Å². The van der Waals surface area contributed by atoms with Crippen LogP contribution in [0.25, 0.3) is 0 Å². The molecule has 0 saturated carbocycles. The van der Waals surface area contributed by atoms with Gasteiger partial charge in [0.15, 0.2) is 0 Å². The van der Waals surface area contributed by atoms with Crippen molar-refractivity contribution in [3.8, 4) is 0 Å². The fourth-order valence-corrected chi connectivity index (χ4v) is 1.51. The molecule has 2 heterocycles. The van der Waals surface area contributed by atoms with Gasteiger partial charge in [-0.2, -0.15) is 5.11 Å². The van der Waals surface area contributed by atoms with E-state index in [0.717, 1.165) is 18.9 Å². The van der Waals surface area contributed by atoms with Gasteiger partial charge in [0.2, 0.25) is 0 Å². The maximum absolute atomic E-state index is 6.86. The van der Waals surface area contributed by atoms with Gasteiger partial charge < -0.3 is 9.47 Å². The average Bonchev–Trinajstić information content (AvgIpc) is 2.02. The lowest BCUT2D eigenvalue weighted by Gasteiger charge is -2.44. The highest BCUT2D eigenvalue weighted by Crippen LogP contribution is 2.36. The van der Waals surface area contributed by atoms with Gasteiger partial charge in [-0.05, 0) is 0 Å². The van der Waals surface area contributed by atoms with Gasteiger partial charge in [0.25, 0.3) is 0 Å². The van der Waals surface area contributed by atoms with Crippen LogP contribution in [-0.2, 0) is 9.47 Å². The molecule has 1 N–H and O–H groups in total. The summed E-state index contributed by atoms with van der Waals surface area (Å²) in [6.07, 6.45) is 1.60. The van der Waals surface area contributed by atoms with Crippen molar-refractivity contribution in [2.24, 2.45) is 5.11 Å². The molecule has 2 rings (SSSR count). The van der Waals surface area contributed by atoms with Crippen LogP contribution in [0.1, 0.15) is 12.8 Å². The monoisotopic (exact) mass is 155 g/mol. The third kappa shape index (κ3) is 1.16. The van der Waals surface area contributed by atoms with Crippen LogP contribution in [0.2, 0.25) is 0 Å². The molecule has 2 fully saturated rings. The van der Waals surface area contributed by atoms with Gasteiger partial charge in [-0.1, -0.05) is 0 Å². The maximum Gasteiger partial charge on any atom is 0.117 e. The predicted molar refractivity (Wildman–Crippen MR) is 37.1 cm³/mol. The quantitative estimate of drug-likeness (QED) is 0.577. The number of rotatable bonds is 1. The van der Waals surface area contributed by atoms with Crippen molar-refractivity contribution < 1.29 is 9.47 Å². The normalized spacial score (nSPS) is 29.8. The minimum absolute atomic E-state index is 0.0991. The van der Waals surface area contributed by atoms with E-state index in [1.807, 2.05) is 0 Å². The van der Waals surface area contributed by atoms with Gasteiger partial charge in [-0.25, -0.2) is 5.53 Å². The second kappa shape index (κ2) is 2.53. The number of nitrogens with zero attached hydrogens (tertiary/aromatic N) is 1. The van der Waals surface area contributed by atoms with Crippen LogP contribution >= 0.6 is 0 Å². The lowest BCUT2D eigenvalue weighted by molar-refractivity contribution is -0.221. The van der Waals surface area contributed by atoms with Gasteiger partial charge >= 0.3 is 0 Å². The molecule has 0 aromatic rings. The first-order valence-electron chi connectivity index (χ1n) is 3.79. The van der Waals surface area contributed by atoms with Crippen LogP contribution < -0.4 is 0 Å². The Hall–Kier alpha value is -0.480. The number of hydrogen-bond donors (Lipinski definition) is 1. The number of hydrogen-bond acceptors (Lipinski definition) is 4. The summed E-state index contributed by atoms with van der Waals surface area (Å²) in [5.41, 5.74) is 6.77. The van der Waals surface area contributed by atoms with E-state index in [1.54, 1.807) is 0 Å². The summed E-state index contributed by atoms with van der Waals surface area (Å²) in [6.45, 7) is 2.04. The highest BCUT2D eigenvalue weighted by molar-refractivity contribution is 5.02. The Labute approximate surface area is 65.4 Å². The predicted octanol–water partition coefficient (Wildman–Crippen LogP) is 1.13. The van der Waals surface area contributed by atoms with Gasteiger partial charge in [-0.15, -0.1) is 0 Å². The van der Waals surface area contributed by atoms with E-state index in [4.69, 9.17) is 15.0 Å². The summed E-state index contributed by atoms with van der Waals surface area (Å²) in [5.74, 6) is 0. The van der Waals surface area contributed by atoms with E-state index in [9.17, 15) is 0 Å². The molecular formula is C7H11N2O2. The van der Waals surface area contributed by atoms with E-state index in [2.05, 4.69) is 5.11 Å². The summed E-state index contributed by atoms with van der Waals surface area (Å²) < 4.78 is 10.6. The molecule has 0 unspecified atom stereocenters. The SMILES string of the molecule is N=N[C]1CCOC2(COC2)C1. The third-order valence-corrected chi connectivity index (χ3v) is 2.21. The second-order valence-corrected chi connectivity index (χ2v) is 3.13. The first-order valence-corrected chi connectivity index (χ1v) is 3.79. The molecule has 4 heteroatoms. The fraction of sp³-hybridized carbons (Fsp3) is 0.857. The Morgan fingerprint density at radius 2 is 2.27 bits per heavy atom. The van der Waals surface area contributed by atoms with Crippen LogP contribution in [-0.4, -0.2) is 25.4 Å². The second-order valence-electron chi connectivity index (χ2n) is 3.13. The molecule has 2 aliphatic heterocycles. The molecule has 1 radical (unpaired) electrons. The minimum atomic E-state index is -0.0991. The van der Waals surface area contributed by atoms with Crippen molar-refractivity contribution in [2.45, 2.75) is 18.4 Å². The molecule has 0 atom stereocenters. The van der Waals surface area contributed by atoms with Crippen molar-refractivity contribution >= 4 is 0 Å². The molecule has 0 amide bonds. The standard InChI is InChI=1S/C7H11N2O2/c8-9-6-1-2-11-7(3-6)4-10-5-7/h8H,1-5H2. The van der Waals surface area contributed by atoms with E-state index < -0.39 is 0 Å². The third-order valence-electron chi connectivity index (χ3n) is 2.21. The van der Waals surface area contributed by atoms with Gasteiger partial charge in [0.1, 0.15) is 11.6 Å². The lowest BCUT2D eigenvalue weighted by Crippen LogP contribution is -2.54. The van der Waals surface area contributed by atoms with Crippen LogP contribution in [0.4, 0.5) is 0 Å². The van der Waals surface area contributed by atoms with Crippen molar-refractivity contribution in [3.05, 3.63) is 6.04 Å². The molecule has 61 valence electrons. The molecule has 2 aliphatic rings. The maximum atomic E-state index is 6.86. The van der Waals surface area contributed by atoms with Crippen LogP contribution in [0.5, 0.6) is 0 Å². The van der Waals surface area contributed by atoms with Crippen molar-refractivity contribution in [3.63, 3.8) is 0 Å². The van der Waals surface area contributed by atoms with Crippen molar-refractivity contribution in [2.75, 3.05) is 19.8 Å². The van der Waals surface area contributed by atoms with Gasteiger partial charge in [-0.3, -0.25) is 0 Å². The largest absolute Gasteiger partial charge is 0.375 e. The Morgan fingerprint density at radius 3 is 2.82 bits per heavy atom. The lowest BCUT2D eigenvalue weighted by atomic mass is 9.89. The molecule has 0 aromatic carbocycles. The fourth-order valence-electron chi connectivity index (χ4n) is 1.51. The Kier molecular flexibility index (Phi) is 1.65. The summed E-state index contributed by atoms with van der Waals surface area (Å²) >= 11 is 0. The Bertz CT molecular complexity index is 168. The Balaban J connectivity index is 1.97. The first-order chi connectivity index (χ1) is 5.35. The molecule has 1 spiro atoms. The van der Waals surface area contributed by atoms with Crippen LogP contribution in [0.3, 0.4) is 0 Å². The smallest absolute Gasteiger partial charge is 0.117 e. The molecule has 4 nitrogen and oxygen atoms in total. The van der Waals surface area contributed by atoms with E-state index in [1.165, 1.54) is 0 Å². The van der Waals surface area contributed by atoms with E-state index in [0.29, 0.717) is 19.8 Å². The molecular weight excluding hydrogens is 144 g/mol. The Morgan fingerprint density at radius 1 is 1.45 bits per heavy atom. The molecule has 0 aliphatic carbocycles. The van der Waals surface area contributed by atoms with Gasteiger partial charge in [0.05, 0.1) is 19.8 Å². The number of ether oxygens (including phenoxy) is 2. The zero-order chi connectivity index (χ0) is 7.73. The zero-order valence-electron chi connectivity index (χ0n) is 6.30. The topological polar surface area (TPSA) is 54.7 Å². The molecule has 2 saturated heterocycles. The van der Waals surface area contributed by atoms with E-state index in [-0.39, 0.29) is 5.60 Å². The summed E-state index contributed by atoms with van der Waals surface area (Å²) in [4.78, 5) is 0. The highest BCUT2D eigenvalue weighted by Gasteiger charge is 2.44. The molecule has 0 aromatic heterocycles. The highest BCUT2D eigenvalue weighted by atomic mass is 16.6. The van der Waals surface area contributed by atoms with Crippen LogP contribution in [0, 0.1) is 11.6 Å². The zero-order valence-corrected chi connectivity index (χ0v) is 6.30. The minimum Gasteiger partial charge on any atom is -0.375 e. The average molecular weight is 155 g/mol. The van der Waals surface area contributed by atoms with Crippen molar-refractivity contribution in [1.82, 2.24) is 0 Å². The summed E-state index contributed by atoms with van der Waals surface area (Å²) in [6, 6.07) is 0.944. The molecule has 0 bridgehead atoms. The van der Waals surface area contributed by atoms with E-state index >= 15 is 0 Å². The molecule has 11 heavy (non-hydrogen) atoms. The summed E-state index contributed by atoms with van der Waals surface area (Å²) in [7, 11) is 0. The van der Waals surface area contributed by atoms with Gasteiger partial charge in [0, 0.05) is 12.8 Å².